The van der Waals surface area contributed by atoms with Crippen LogP contribution in [0.15, 0.2) is 0 Å². The summed E-state index contributed by atoms with van der Waals surface area (Å²) in [5.74, 6) is 0.510. The van der Waals surface area contributed by atoms with Gasteiger partial charge >= 0.3 is 6.16 Å². The Kier molecular flexibility index (Phi) is 5.10. The third-order valence-corrected chi connectivity index (χ3v) is 4.00. The lowest BCUT2D eigenvalue weighted by molar-refractivity contribution is -0.0772. The van der Waals surface area contributed by atoms with Gasteiger partial charge < -0.3 is 9.47 Å². The van der Waals surface area contributed by atoms with E-state index < -0.39 is 6.16 Å². The third kappa shape index (κ3) is 2.89. The largest absolute Gasteiger partial charge is 0.508 e. The highest BCUT2D eigenvalue weighted by molar-refractivity contribution is 5.60. The summed E-state index contributed by atoms with van der Waals surface area (Å²) < 4.78 is 10.2. The maximum atomic E-state index is 11.3. The van der Waals surface area contributed by atoms with Gasteiger partial charge in [-0.3, -0.25) is 0 Å². The van der Waals surface area contributed by atoms with Crippen molar-refractivity contribution in [2.24, 2.45) is 5.92 Å². The Morgan fingerprint density at radius 2 is 1.75 bits per heavy atom. The molecule has 1 saturated carbocycles. The zero-order valence-corrected chi connectivity index (χ0v) is 10.8. The van der Waals surface area contributed by atoms with Gasteiger partial charge in [-0.2, -0.15) is 0 Å². The van der Waals surface area contributed by atoms with Gasteiger partial charge in [0.15, 0.2) is 0 Å². The van der Waals surface area contributed by atoms with Crippen LogP contribution in [0.1, 0.15) is 58.8 Å². The first-order valence-electron chi connectivity index (χ1n) is 6.45. The molecule has 1 rings (SSSR count). The van der Waals surface area contributed by atoms with Crippen molar-refractivity contribution in [3.63, 3.8) is 0 Å². The predicted molar refractivity (Wildman–Crippen MR) is 63.4 cm³/mol. The van der Waals surface area contributed by atoms with Crippen LogP contribution in [0.4, 0.5) is 4.79 Å². The standard InChI is InChI=1S/C13H24O3/c1-4-13(5-2,16-12(14)15-3)11-9-7-6-8-10-11/h11H,4-10H2,1-3H3. The summed E-state index contributed by atoms with van der Waals surface area (Å²) in [7, 11) is 1.37. The number of methoxy groups -OCH3 is 1. The predicted octanol–water partition coefficient (Wildman–Crippen LogP) is 3.91. The van der Waals surface area contributed by atoms with Crippen LogP contribution < -0.4 is 0 Å². The average Bonchev–Trinajstić information content (AvgIpc) is 2.37. The number of carbonyl (C=O) groups excluding carboxylic acids is 1. The van der Waals surface area contributed by atoms with Gasteiger partial charge in [0.05, 0.1) is 7.11 Å². The normalized spacial score (nSPS) is 18.2. The number of rotatable bonds is 4. The van der Waals surface area contributed by atoms with Crippen LogP contribution in [0.2, 0.25) is 0 Å². The van der Waals surface area contributed by atoms with E-state index in [1.807, 2.05) is 0 Å². The van der Waals surface area contributed by atoms with E-state index in [1.54, 1.807) is 0 Å². The lowest BCUT2D eigenvalue weighted by Gasteiger charge is -2.40. The van der Waals surface area contributed by atoms with Gasteiger partial charge in [-0.15, -0.1) is 0 Å². The van der Waals surface area contributed by atoms with Crippen molar-refractivity contribution < 1.29 is 14.3 Å². The Morgan fingerprint density at radius 1 is 1.19 bits per heavy atom. The monoisotopic (exact) mass is 228 g/mol. The van der Waals surface area contributed by atoms with Crippen molar-refractivity contribution in [2.75, 3.05) is 7.11 Å². The first-order valence-corrected chi connectivity index (χ1v) is 6.45. The van der Waals surface area contributed by atoms with Crippen LogP contribution in [0.25, 0.3) is 0 Å². The molecule has 0 aromatic rings. The Balaban J connectivity index is 2.72. The zero-order chi connectivity index (χ0) is 12.0. The molecular formula is C13H24O3. The van der Waals surface area contributed by atoms with Gasteiger partial charge in [0.25, 0.3) is 0 Å². The molecule has 0 heterocycles. The first kappa shape index (κ1) is 13.3. The molecule has 0 radical (unpaired) electrons. The summed E-state index contributed by atoms with van der Waals surface area (Å²) in [6.45, 7) is 4.20. The number of hydrogen-bond donors (Lipinski definition) is 0. The SMILES string of the molecule is CCC(CC)(OC(=O)OC)C1CCCCC1. The molecule has 1 aliphatic carbocycles. The van der Waals surface area contributed by atoms with Crippen LogP contribution >= 0.6 is 0 Å². The second kappa shape index (κ2) is 6.12. The summed E-state index contributed by atoms with van der Waals surface area (Å²) in [6, 6.07) is 0. The minimum atomic E-state index is -0.533. The molecule has 0 amide bonds. The average molecular weight is 228 g/mol. The van der Waals surface area contributed by atoms with Crippen molar-refractivity contribution in [1.82, 2.24) is 0 Å². The summed E-state index contributed by atoms with van der Waals surface area (Å²) >= 11 is 0. The van der Waals surface area contributed by atoms with E-state index in [0.717, 1.165) is 12.8 Å². The van der Waals surface area contributed by atoms with E-state index in [-0.39, 0.29) is 5.60 Å². The van der Waals surface area contributed by atoms with E-state index in [1.165, 1.54) is 39.2 Å². The molecule has 0 saturated heterocycles. The van der Waals surface area contributed by atoms with E-state index in [2.05, 4.69) is 18.6 Å². The minimum absolute atomic E-state index is 0.298. The minimum Gasteiger partial charge on any atom is -0.438 e. The fourth-order valence-electron chi connectivity index (χ4n) is 2.89. The lowest BCUT2D eigenvalue weighted by Crippen LogP contribution is -2.42. The van der Waals surface area contributed by atoms with Crippen LogP contribution in [0, 0.1) is 5.92 Å². The quantitative estimate of drug-likeness (QED) is 0.684. The highest BCUT2D eigenvalue weighted by Gasteiger charge is 2.40. The Hall–Kier alpha value is -0.730. The van der Waals surface area contributed by atoms with Crippen molar-refractivity contribution in [2.45, 2.75) is 64.4 Å². The Bertz CT molecular complexity index is 215. The molecule has 16 heavy (non-hydrogen) atoms. The molecule has 0 bridgehead atoms. The summed E-state index contributed by atoms with van der Waals surface area (Å²) in [5, 5.41) is 0. The van der Waals surface area contributed by atoms with E-state index in [4.69, 9.17) is 4.74 Å². The molecule has 0 N–H and O–H groups in total. The van der Waals surface area contributed by atoms with Gasteiger partial charge in [-0.25, -0.2) is 4.79 Å². The molecule has 0 aromatic heterocycles. The molecule has 0 atom stereocenters. The third-order valence-electron chi connectivity index (χ3n) is 4.00. The van der Waals surface area contributed by atoms with Gasteiger partial charge in [0.2, 0.25) is 0 Å². The van der Waals surface area contributed by atoms with Gasteiger partial charge in [0.1, 0.15) is 5.60 Å². The van der Waals surface area contributed by atoms with E-state index in [0.29, 0.717) is 5.92 Å². The Labute approximate surface area is 98.5 Å². The van der Waals surface area contributed by atoms with Crippen molar-refractivity contribution in [3.05, 3.63) is 0 Å². The summed E-state index contributed by atoms with van der Waals surface area (Å²) in [6.07, 6.45) is 7.42. The fraction of sp³-hybridized carbons (Fsp3) is 0.923. The zero-order valence-electron chi connectivity index (χ0n) is 10.8. The van der Waals surface area contributed by atoms with Crippen molar-refractivity contribution in [1.29, 1.82) is 0 Å². The molecular weight excluding hydrogens is 204 g/mol. The maximum absolute atomic E-state index is 11.3. The number of hydrogen-bond acceptors (Lipinski definition) is 3. The number of ether oxygens (including phenoxy) is 2. The van der Waals surface area contributed by atoms with Crippen LogP contribution in [0.3, 0.4) is 0 Å². The van der Waals surface area contributed by atoms with E-state index in [9.17, 15) is 4.79 Å². The second-order valence-corrected chi connectivity index (χ2v) is 4.66. The molecule has 1 fully saturated rings. The van der Waals surface area contributed by atoms with Crippen LogP contribution in [-0.2, 0) is 9.47 Å². The van der Waals surface area contributed by atoms with Crippen molar-refractivity contribution in [3.8, 4) is 0 Å². The molecule has 3 heteroatoms. The highest BCUT2D eigenvalue weighted by Crippen LogP contribution is 2.39. The second-order valence-electron chi connectivity index (χ2n) is 4.66. The van der Waals surface area contributed by atoms with Crippen LogP contribution in [0.5, 0.6) is 0 Å². The first-order chi connectivity index (χ1) is 7.68. The van der Waals surface area contributed by atoms with Crippen LogP contribution in [-0.4, -0.2) is 18.9 Å². The molecule has 0 spiro atoms. The molecule has 1 aliphatic rings. The van der Waals surface area contributed by atoms with Crippen molar-refractivity contribution >= 4 is 6.16 Å². The summed E-state index contributed by atoms with van der Waals surface area (Å²) in [4.78, 5) is 11.3. The Morgan fingerprint density at radius 3 is 2.19 bits per heavy atom. The molecule has 94 valence electrons. The molecule has 0 unspecified atom stereocenters. The van der Waals surface area contributed by atoms with Gasteiger partial charge in [-0.1, -0.05) is 33.1 Å². The number of carbonyl (C=O) groups is 1. The maximum Gasteiger partial charge on any atom is 0.508 e. The fourth-order valence-corrected chi connectivity index (χ4v) is 2.89. The molecule has 0 aromatic carbocycles. The smallest absolute Gasteiger partial charge is 0.438 e. The van der Waals surface area contributed by atoms with E-state index >= 15 is 0 Å². The topological polar surface area (TPSA) is 35.5 Å². The summed E-state index contributed by atoms with van der Waals surface area (Å²) in [5.41, 5.74) is -0.298. The highest BCUT2D eigenvalue weighted by atomic mass is 16.7. The van der Waals surface area contributed by atoms with Gasteiger partial charge in [0, 0.05) is 0 Å². The molecule has 0 aliphatic heterocycles. The lowest BCUT2D eigenvalue weighted by atomic mass is 9.74. The molecule has 3 nitrogen and oxygen atoms in total. The van der Waals surface area contributed by atoms with Gasteiger partial charge in [-0.05, 0) is 31.6 Å².